The zero-order chi connectivity index (χ0) is 17.5. The van der Waals surface area contributed by atoms with E-state index in [1.54, 1.807) is 11.5 Å². The zero-order valence-electron chi connectivity index (χ0n) is 13.4. The Morgan fingerprint density at radius 1 is 1.29 bits per heavy atom. The number of ether oxygens (including phenoxy) is 1. The third-order valence-electron chi connectivity index (χ3n) is 3.17. The number of esters is 1. The van der Waals surface area contributed by atoms with Crippen molar-refractivity contribution in [2.24, 2.45) is 0 Å². The summed E-state index contributed by atoms with van der Waals surface area (Å²) >= 11 is 1.10. The van der Waals surface area contributed by atoms with Crippen LogP contribution in [0.15, 0.2) is 46.2 Å². The smallest absolute Gasteiger partial charge is 0.354 e. The van der Waals surface area contributed by atoms with Crippen molar-refractivity contribution in [2.75, 3.05) is 6.61 Å². The van der Waals surface area contributed by atoms with Crippen molar-refractivity contribution in [1.82, 2.24) is 9.88 Å². The van der Waals surface area contributed by atoms with Crippen molar-refractivity contribution in [2.45, 2.75) is 20.4 Å². The van der Waals surface area contributed by atoms with E-state index >= 15 is 0 Å². The fourth-order valence-electron chi connectivity index (χ4n) is 2.03. The number of rotatable bonds is 6. The van der Waals surface area contributed by atoms with E-state index < -0.39 is 5.97 Å². The Hall–Kier alpha value is -2.67. The molecule has 126 valence electrons. The van der Waals surface area contributed by atoms with Crippen molar-refractivity contribution in [3.05, 3.63) is 62.3 Å². The summed E-state index contributed by atoms with van der Waals surface area (Å²) < 4.78 is 6.72. The summed E-state index contributed by atoms with van der Waals surface area (Å²) in [5.41, 5.74) is 1.65. The maximum Gasteiger partial charge on any atom is 0.354 e. The van der Waals surface area contributed by atoms with Crippen LogP contribution in [0.5, 0.6) is 0 Å². The van der Waals surface area contributed by atoms with Gasteiger partial charge in [-0.2, -0.15) is 0 Å². The Kier molecular flexibility index (Phi) is 6.08. The lowest BCUT2D eigenvalue weighted by Crippen LogP contribution is -2.27. The number of hydrogen-bond acceptors (Lipinski definition) is 5. The van der Waals surface area contributed by atoms with Crippen LogP contribution in [0.25, 0.3) is 6.08 Å². The molecule has 1 aromatic heterocycles. The predicted octanol–water partition coefficient (Wildman–Crippen LogP) is 1.94. The van der Waals surface area contributed by atoms with Crippen molar-refractivity contribution in [3.8, 4) is 0 Å². The molecule has 0 saturated carbocycles. The van der Waals surface area contributed by atoms with Crippen LogP contribution in [0.4, 0.5) is 0 Å². The van der Waals surface area contributed by atoms with Gasteiger partial charge >= 0.3 is 10.8 Å². The average molecular weight is 346 g/mol. The van der Waals surface area contributed by atoms with Gasteiger partial charge in [-0.15, -0.1) is 0 Å². The van der Waals surface area contributed by atoms with Crippen LogP contribution >= 0.6 is 11.3 Å². The number of aromatic nitrogens is 1. The van der Waals surface area contributed by atoms with Crippen LogP contribution in [-0.4, -0.2) is 23.1 Å². The van der Waals surface area contributed by atoms with Gasteiger partial charge in [0.1, 0.15) is 12.3 Å². The number of nitrogens with zero attached hydrogens (tertiary/aromatic N) is 1. The highest BCUT2D eigenvalue weighted by Gasteiger charge is 2.13. The minimum Gasteiger partial charge on any atom is -0.459 e. The molecular weight excluding hydrogens is 328 g/mol. The lowest BCUT2D eigenvalue weighted by Gasteiger charge is -2.10. The zero-order valence-corrected chi connectivity index (χ0v) is 14.3. The molecule has 0 radical (unpaired) electrons. The molecule has 0 unspecified atom stereocenters. The van der Waals surface area contributed by atoms with E-state index in [-0.39, 0.29) is 29.6 Å². The van der Waals surface area contributed by atoms with Crippen LogP contribution in [0, 0.1) is 6.92 Å². The van der Waals surface area contributed by atoms with Gasteiger partial charge in [0.25, 0.3) is 0 Å². The highest BCUT2D eigenvalue weighted by Crippen LogP contribution is 2.07. The molecule has 2 aromatic rings. The molecule has 1 amide bonds. The van der Waals surface area contributed by atoms with E-state index in [0.717, 1.165) is 22.6 Å². The van der Waals surface area contributed by atoms with Gasteiger partial charge in [0.15, 0.2) is 0 Å². The fraction of sp³-hybridized carbons (Fsp3) is 0.235. The van der Waals surface area contributed by atoms with Crippen molar-refractivity contribution in [3.63, 3.8) is 0 Å². The number of amides is 1. The van der Waals surface area contributed by atoms with E-state index in [1.807, 2.05) is 37.3 Å². The molecule has 0 saturated heterocycles. The number of nitrogens with one attached hydrogen (secondary N) is 1. The summed E-state index contributed by atoms with van der Waals surface area (Å²) in [4.78, 5) is 35.0. The molecule has 24 heavy (non-hydrogen) atoms. The Bertz CT molecular complexity index is 805. The average Bonchev–Trinajstić information content (AvgIpc) is 2.86. The number of thiazole rings is 1. The summed E-state index contributed by atoms with van der Waals surface area (Å²) in [5.74, 6) is -1.01. The first-order chi connectivity index (χ1) is 11.5. The Morgan fingerprint density at radius 3 is 2.58 bits per heavy atom. The van der Waals surface area contributed by atoms with E-state index in [1.165, 1.54) is 11.5 Å². The molecule has 0 fully saturated rings. The molecule has 0 aliphatic heterocycles. The third kappa shape index (κ3) is 4.92. The molecule has 0 atom stereocenters. The van der Waals surface area contributed by atoms with E-state index in [9.17, 15) is 14.4 Å². The van der Waals surface area contributed by atoms with Crippen LogP contribution in [0.2, 0.25) is 0 Å². The number of aryl methyl sites for hydroxylation is 1. The predicted molar refractivity (Wildman–Crippen MR) is 92.5 cm³/mol. The maximum absolute atomic E-state index is 12.2. The molecule has 0 bridgehead atoms. The molecule has 1 aromatic carbocycles. The summed E-state index contributed by atoms with van der Waals surface area (Å²) in [5, 5.41) is 4.23. The van der Waals surface area contributed by atoms with Crippen molar-refractivity contribution in [1.29, 1.82) is 0 Å². The number of carbonyl (C=O) groups excluding carboxylic acids is 2. The van der Waals surface area contributed by atoms with Gasteiger partial charge in [-0.1, -0.05) is 41.7 Å². The lowest BCUT2D eigenvalue weighted by atomic mass is 10.2. The van der Waals surface area contributed by atoms with Crippen molar-refractivity contribution >= 4 is 29.3 Å². The Labute approximate surface area is 143 Å². The Morgan fingerprint density at radius 2 is 2.00 bits per heavy atom. The van der Waals surface area contributed by atoms with E-state index in [2.05, 4.69) is 5.32 Å². The van der Waals surface area contributed by atoms with Crippen molar-refractivity contribution < 1.29 is 14.3 Å². The molecular formula is C17H18N2O4S. The van der Waals surface area contributed by atoms with Crippen LogP contribution in [-0.2, 0) is 20.9 Å². The normalized spacial score (nSPS) is 11.2. The first-order valence-electron chi connectivity index (χ1n) is 7.34. The lowest BCUT2D eigenvalue weighted by molar-refractivity contribution is -0.140. The second-order valence-corrected chi connectivity index (χ2v) is 5.90. The summed E-state index contributed by atoms with van der Waals surface area (Å²) in [6, 6.07) is 9.13. The molecule has 7 heteroatoms. The second kappa shape index (κ2) is 8.26. The SMILES string of the molecule is CC(=O)N/C(=C\c1ccccc1)C(=O)OCCn1c(C)csc1=O. The van der Waals surface area contributed by atoms with E-state index in [4.69, 9.17) is 4.74 Å². The third-order valence-corrected chi connectivity index (χ3v) is 4.05. The molecule has 0 aliphatic rings. The Balaban J connectivity index is 2.04. The maximum atomic E-state index is 12.2. The summed E-state index contributed by atoms with van der Waals surface area (Å²) in [6.07, 6.45) is 1.55. The minimum atomic E-state index is -0.644. The number of hydrogen-bond donors (Lipinski definition) is 1. The van der Waals surface area contributed by atoms with Gasteiger partial charge in [0, 0.05) is 18.0 Å². The molecule has 0 spiro atoms. The summed E-state index contributed by atoms with van der Waals surface area (Å²) in [6.45, 7) is 3.46. The minimum absolute atomic E-state index is 0.0437. The van der Waals surface area contributed by atoms with Gasteiger partial charge in [-0.25, -0.2) is 4.79 Å². The monoisotopic (exact) mass is 346 g/mol. The quantitative estimate of drug-likeness (QED) is 0.640. The number of carbonyl (C=O) groups is 2. The number of benzene rings is 1. The van der Waals surface area contributed by atoms with Crippen LogP contribution in [0.3, 0.4) is 0 Å². The van der Waals surface area contributed by atoms with E-state index in [0.29, 0.717) is 0 Å². The van der Waals surface area contributed by atoms with Crippen LogP contribution < -0.4 is 10.2 Å². The van der Waals surface area contributed by atoms with Crippen LogP contribution in [0.1, 0.15) is 18.2 Å². The standard InChI is InChI=1S/C17H18N2O4S/c1-12-11-24-17(22)19(12)8-9-23-16(21)15(18-13(2)20)10-14-6-4-3-5-7-14/h3-7,10-11H,8-9H2,1-2H3,(H,18,20)/b15-10-. The van der Waals surface area contributed by atoms with Gasteiger partial charge in [-0.3, -0.25) is 14.2 Å². The second-order valence-electron chi connectivity index (χ2n) is 5.08. The highest BCUT2D eigenvalue weighted by atomic mass is 32.1. The van der Waals surface area contributed by atoms with Gasteiger partial charge < -0.3 is 10.1 Å². The first-order valence-corrected chi connectivity index (χ1v) is 8.21. The van der Waals surface area contributed by atoms with Gasteiger partial charge in [0.05, 0.1) is 6.54 Å². The topological polar surface area (TPSA) is 77.4 Å². The molecule has 6 nitrogen and oxygen atoms in total. The summed E-state index contributed by atoms with van der Waals surface area (Å²) in [7, 11) is 0. The molecule has 1 heterocycles. The highest BCUT2D eigenvalue weighted by molar-refractivity contribution is 7.07. The van der Waals surface area contributed by atoms with Gasteiger partial charge in [-0.05, 0) is 18.6 Å². The van der Waals surface area contributed by atoms with Gasteiger partial charge in [0.2, 0.25) is 5.91 Å². The fourth-order valence-corrected chi connectivity index (χ4v) is 2.79. The largest absolute Gasteiger partial charge is 0.459 e. The molecule has 2 rings (SSSR count). The molecule has 0 aliphatic carbocycles. The first kappa shape index (κ1) is 17.7. The molecule has 1 N–H and O–H groups in total.